The molecule has 8 nitrogen and oxygen atoms in total. The number of halogens is 1. The number of aromatic amines is 1. The van der Waals surface area contributed by atoms with Crippen molar-refractivity contribution in [2.75, 3.05) is 26.3 Å². The van der Waals surface area contributed by atoms with E-state index in [4.69, 9.17) is 15.1 Å². The van der Waals surface area contributed by atoms with E-state index in [0.29, 0.717) is 54.4 Å². The molecule has 0 spiro atoms. The molecule has 1 unspecified atom stereocenters. The van der Waals surface area contributed by atoms with Gasteiger partial charge in [-0.05, 0) is 37.6 Å². The first kappa shape index (κ1) is 21.1. The first-order chi connectivity index (χ1) is 14.5. The molecule has 1 amide bonds. The first-order valence-electron chi connectivity index (χ1n) is 9.81. The topological polar surface area (TPSA) is 99.9 Å². The van der Waals surface area contributed by atoms with Crippen LogP contribution in [0.15, 0.2) is 33.9 Å². The molecule has 0 aliphatic carbocycles. The summed E-state index contributed by atoms with van der Waals surface area (Å²) >= 11 is 4.85. The van der Waals surface area contributed by atoms with E-state index in [1.54, 1.807) is 4.57 Å². The monoisotopic (exact) mass is 490 g/mol. The summed E-state index contributed by atoms with van der Waals surface area (Å²) in [5.74, 6) is 0.0831. The Morgan fingerprint density at radius 2 is 2.03 bits per heavy atom. The van der Waals surface area contributed by atoms with Gasteiger partial charge >= 0.3 is 0 Å². The van der Waals surface area contributed by atoms with Crippen LogP contribution in [0.1, 0.15) is 19.0 Å². The second kappa shape index (κ2) is 8.91. The van der Waals surface area contributed by atoms with Crippen LogP contribution in [0, 0.1) is 12.3 Å². The Kier molecular flexibility index (Phi) is 6.26. The van der Waals surface area contributed by atoms with Crippen molar-refractivity contribution in [3.8, 4) is 5.69 Å². The zero-order valence-corrected chi connectivity index (χ0v) is 19.2. The minimum absolute atomic E-state index is 0.0831. The zero-order chi connectivity index (χ0) is 21.3. The summed E-state index contributed by atoms with van der Waals surface area (Å²) < 4.78 is 8.12. The lowest BCUT2D eigenvalue weighted by molar-refractivity contribution is -0.134. The smallest absolute Gasteiger partial charge is 0.236 e. The number of ether oxygens (including phenoxy) is 1. The van der Waals surface area contributed by atoms with Crippen molar-refractivity contribution in [1.29, 1.82) is 5.41 Å². The Hall–Kier alpha value is -2.17. The summed E-state index contributed by atoms with van der Waals surface area (Å²) in [6.07, 6.45) is 0.661. The third kappa shape index (κ3) is 4.03. The summed E-state index contributed by atoms with van der Waals surface area (Å²) in [5.41, 5.74) is 2.39. The molecule has 3 aromatic rings. The largest absolute Gasteiger partial charge is 0.378 e. The van der Waals surface area contributed by atoms with Gasteiger partial charge in [-0.1, -0.05) is 34.6 Å². The zero-order valence-electron chi connectivity index (χ0n) is 16.8. The molecular weight excluding hydrogens is 468 g/mol. The number of carbonyl (C=O) groups excluding carboxylic acids is 1. The summed E-state index contributed by atoms with van der Waals surface area (Å²) in [6, 6.07) is 7.72. The average Bonchev–Trinajstić information content (AvgIpc) is 3.14. The van der Waals surface area contributed by atoms with Gasteiger partial charge in [-0.25, -0.2) is 4.98 Å². The van der Waals surface area contributed by atoms with Gasteiger partial charge < -0.3 is 9.64 Å². The van der Waals surface area contributed by atoms with Crippen molar-refractivity contribution in [3.63, 3.8) is 0 Å². The minimum atomic E-state index is -0.297. The van der Waals surface area contributed by atoms with Crippen molar-refractivity contribution < 1.29 is 9.53 Å². The lowest BCUT2D eigenvalue weighted by Crippen LogP contribution is -2.44. The van der Waals surface area contributed by atoms with E-state index in [0.717, 1.165) is 15.9 Å². The molecule has 10 heteroatoms. The van der Waals surface area contributed by atoms with Crippen LogP contribution in [0.4, 0.5) is 0 Å². The molecule has 30 heavy (non-hydrogen) atoms. The molecule has 0 radical (unpaired) electrons. The van der Waals surface area contributed by atoms with Gasteiger partial charge in [0.25, 0.3) is 0 Å². The van der Waals surface area contributed by atoms with E-state index in [2.05, 4.69) is 26.1 Å². The number of hydrogen-bond acceptors (Lipinski definition) is 6. The highest BCUT2D eigenvalue weighted by Crippen LogP contribution is 2.28. The highest BCUT2D eigenvalue weighted by Gasteiger charge is 2.27. The van der Waals surface area contributed by atoms with Crippen LogP contribution in [0.2, 0.25) is 0 Å². The van der Waals surface area contributed by atoms with Crippen LogP contribution in [0.5, 0.6) is 0 Å². The van der Waals surface area contributed by atoms with E-state index in [1.807, 2.05) is 43.0 Å². The van der Waals surface area contributed by atoms with Crippen LogP contribution in [-0.2, 0) is 9.53 Å². The maximum atomic E-state index is 13.1. The second-order valence-electron chi connectivity index (χ2n) is 7.05. The number of aryl methyl sites for hydroxylation is 1. The lowest BCUT2D eigenvalue weighted by Gasteiger charge is -2.30. The number of hydrogen-bond donors (Lipinski definition) is 2. The molecule has 2 N–H and O–H groups in total. The quantitative estimate of drug-likeness (QED) is 0.422. The van der Waals surface area contributed by atoms with Crippen molar-refractivity contribution in [2.24, 2.45) is 0 Å². The SMILES string of the molecule is CCC(Sc1nc2n[nH]c(C)c2c(=N)n1-c1ccc(Br)cc1)C(=O)N1CCOCC1. The first-order valence-corrected chi connectivity index (χ1v) is 11.5. The number of H-pyrrole nitrogens is 1. The normalized spacial score (nSPS) is 15.5. The molecule has 0 saturated carbocycles. The number of thioether (sulfide) groups is 1. The van der Waals surface area contributed by atoms with Crippen molar-refractivity contribution >= 4 is 44.6 Å². The summed E-state index contributed by atoms with van der Waals surface area (Å²) in [6.45, 7) is 6.23. The molecule has 1 aromatic carbocycles. The van der Waals surface area contributed by atoms with Crippen LogP contribution in [-0.4, -0.2) is 62.1 Å². The van der Waals surface area contributed by atoms with Gasteiger partial charge in [-0.2, -0.15) is 5.10 Å². The summed E-state index contributed by atoms with van der Waals surface area (Å²) in [7, 11) is 0. The van der Waals surface area contributed by atoms with E-state index in [9.17, 15) is 4.79 Å². The van der Waals surface area contributed by atoms with Gasteiger partial charge in [0.15, 0.2) is 10.8 Å². The number of fused-ring (bicyclic) bond motifs is 1. The van der Waals surface area contributed by atoms with E-state index < -0.39 is 0 Å². The van der Waals surface area contributed by atoms with Crippen LogP contribution < -0.4 is 5.49 Å². The molecular formula is C20H23BrN6O2S. The Morgan fingerprint density at radius 1 is 1.33 bits per heavy atom. The minimum Gasteiger partial charge on any atom is -0.378 e. The fourth-order valence-corrected chi connectivity index (χ4v) is 4.84. The van der Waals surface area contributed by atoms with E-state index >= 15 is 0 Å². The number of carbonyl (C=O) groups is 1. The van der Waals surface area contributed by atoms with Gasteiger partial charge in [0.2, 0.25) is 5.91 Å². The number of aromatic nitrogens is 4. The predicted molar refractivity (Wildman–Crippen MR) is 119 cm³/mol. The predicted octanol–water partition coefficient (Wildman–Crippen LogP) is 3.03. The molecule has 1 atom stereocenters. The highest BCUT2D eigenvalue weighted by molar-refractivity contribution is 9.10. The molecule has 2 aromatic heterocycles. The standard InChI is InChI=1S/C20H23BrN6O2S/c1-3-15(19(28)26-8-10-29-11-9-26)30-20-23-18-16(12(2)24-25-18)17(22)27(20)14-6-4-13(21)5-7-14/h4-7,15,22H,3,8-11H2,1-2H3,(H,24,25). The molecule has 1 aliphatic heterocycles. The Bertz CT molecular complexity index is 1120. The molecule has 4 rings (SSSR count). The third-order valence-corrected chi connectivity index (χ3v) is 6.92. The van der Waals surface area contributed by atoms with E-state index in [-0.39, 0.29) is 11.2 Å². The van der Waals surface area contributed by atoms with Gasteiger partial charge in [0.05, 0.1) is 23.8 Å². The third-order valence-electron chi connectivity index (χ3n) is 5.08. The Balaban J connectivity index is 1.78. The summed E-state index contributed by atoms with van der Waals surface area (Å²) in [5, 5.41) is 17.0. The van der Waals surface area contributed by atoms with Crippen molar-refractivity contribution in [3.05, 3.63) is 39.9 Å². The van der Waals surface area contributed by atoms with Crippen LogP contribution >= 0.6 is 27.7 Å². The number of nitrogens with one attached hydrogen (secondary N) is 2. The lowest BCUT2D eigenvalue weighted by atomic mass is 10.2. The molecule has 3 heterocycles. The maximum Gasteiger partial charge on any atom is 0.236 e. The summed E-state index contributed by atoms with van der Waals surface area (Å²) in [4.78, 5) is 19.7. The number of rotatable bonds is 5. The van der Waals surface area contributed by atoms with E-state index in [1.165, 1.54) is 11.8 Å². The van der Waals surface area contributed by atoms with Crippen molar-refractivity contribution in [1.82, 2.24) is 24.6 Å². The van der Waals surface area contributed by atoms with Gasteiger partial charge in [0, 0.05) is 28.9 Å². The number of benzene rings is 1. The van der Waals surface area contributed by atoms with Crippen LogP contribution in [0.3, 0.4) is 0 Å². The van der Waals surface area contributed by atoms with Gasteiger partial charge in [-0.3, -0.25) is 19.9 Å². The fraction of sp³-hybridized carbons (Fsp3) is 0.400. The molecule has 1 aliphatic rings. The van der Waals surface area contributed by atoms with Crippen LogP contribution in [0.25, 0.3) is 16.7 Å². The molecule has 158 valence electrons. The number of amides is 1. The fourth-order valence-electron chi connectivity index (χ4n) is 3.46. The Labute approximate surface area is 186 Å². The maximum absolute atomic E-state index is 13.1. The van der Waals surface area contributed by atoms with Crippen molar-refractivity contribution in [2.45, 2.75) is 30.7 Å². The molecule has 0 bridgehead atoms. The average molecular weight is 491 g/mol. The van der Waals surface area contributed by atoms with Gasteiger partial charge in [-0.15, -0.1) is 0 Å². The highest BCUT2D eigenvalue weighted by atomic mass is 79.9. The van der Waals surface area contributed by atoms with Gasteiger partial charge in [0.1, 0.15) is 5.49 Å². The Morgan fingerprint density at radius 3 is 2.70 bits per heavy atom. The molecule has 1 fully saturated rings. The molecule has 1 saturated heterocycles. The number of nitrogens with zero attached hydrogens (tertiary/aromatic N) is 4. The number of morpholine rings is 1. The second-order valence-corrected chi connectivity index (χ2v) is 9.14.